The number of para-hydroxylation sites is 2. The van der Waals surface area contributed by atoms with E-state index in [1.807, 2.05) is 68.1 Å². The van der Waals surface area contributed by atoms with Gasteiger partial charge in [0.2, 0.25) is 15.9 Å². The molecule has 51 heavy (non-hydrogen) atoms. The largest absolute Gasteiger partial charge is 0.573 e. The maximum absolute atomic E-state index is 12.9. The van der Waals surface area contributed by atoms with Gasteiger partial charge in [-0.1, -0.05) is 31.0 Å². The summed E-state index contributed by atoms with van der Waals surface area (Å²) < 4.78 is 81.2. The molecule has 1 aliphatic rings. The molecule has 3 aromatic rings. The van der Waals surface area contributed by atoms with Crippen molar-refractivity contribution < 1.29 is 45.4 Å². The van der Waals surface area contributed by atoms with Gasteiger partial charge in [0.25, 0.3) is 0 Å². The number of hydrogen-bond acceptors (Lipinski definition) is 8. The molecule has 15 heteroatoms. The van der Waals surface area contributed by atoms with Gasteiger partial charge in [0.05, 0.1) is 29.4 Å². The van der Waals surface area contributed by atoms with Gasteiger partial charge in [-0.15, -0.1) is 13.2 Å². The van der Waals surface area contributed by atoms with Crippen LogP contribution in [-0.4, -0.2) is 51.2 Å². The molecule has 2 amide bonds. The average Bonchev–Trinajstić information content (AvgIpc) is 3.02. The van der Waals surface area contributed by atoms with E-state index in [4.69, 9.17) is 9.47 Å². The fraction of sp³-hybridized carbons (Fsp3) is 0.444. The van der Waals surface area contributed by atoms with Crippen molar-refractivity contribution in [3.05, 3.63) is 71.8 Å². The Bertz CT molecular complexity index is 1780. The molecule has 0 radical (unpaired) electrons. The summed E-state index contributed by atoms with van der Waals surface area (Å²) in [5, 5.41) is 5.69. The topological polar surface area (TPSA) is 135 Å². The van der Waals surface area contributed by atoms with Crippen LogP contribution in [0.1, 0.15) is 70.4 Å². The molecule has 278 valence electrons. The highest BCUT2D eigenvalue weighted by molar-refractivity contribution is 7.92. The van der Waals surface area contributed by atoms with Crippen molar-refractivity contribution in [3.8, 4) is 17.2 Å². The summed E-state index contributed by atoms with van der Waals surface area (Å²) >= 11 is 0. The van der Waals surface area contributed by atoms with E-state index in [-0.39, 0.29) is 34.9 Å². The fourth-order valence-corrected chi connectivity index (χ4v) is 6.52. The Balaban J connectivity index is 1.26. The molecule has 1 heterocycles. The number of sulfonamides is 1. The van der Waals surface area contributed by atoms with E-state index in [1.54, 1.807) is 0 Å². The highest BCUT2D eigenvalue weighted by Gasteiger charge is 2.31. The number of carbonyl (C=O) groups is 2. The summed E-state index contributed by atoms with van der Waals surface area (Å²) in [5.41, 5.74) is 2.44. The number of alkyl halides is 3. The normalized spacial score (nSPS) is 12.6. The van der Waals surface area contributed by atoms with Crippen molar-refractivity contribution in [2.75, 3.05) is 28.5 Å². The smallest absolute Gasteiger partial charge is 0.453 e. The van der Waals surface area contributed by atoms with E-state index >= 15 is 0 Å². The molecule has 0 saturated carbocycles. The van der Waals surface area contributed by atoms with E-state index in [0.29, 0.717) is 44.0 Å². The van der Waals surface area contributed by atoms with Crippen molar-refractivity contribution in [1.29, 1.82) is 0 Å². The Morgan fingerprint density at radius 3 is 2.33 bits per heavy atom. The van der Waals surface area contributed by atoms with Gasteiger partial charge in [0.15, 0.2) is 11.5 Å². The maximum atomic E-state index is 12.9. The Labute approximate surface area is 296 Å². The standard InChI is InChI=1S/C36H45F3N4O7S/c1-25-22-27(50-36(37,38)39)16-17-28(25)42-51(46,47)21-11-19-43-29-12-8-9-13-31(29)49-32-23-26(15-18-30(32)43)24-40-33(44)14-7-5-6-10-20-48-34(45)41-35(2,3)4/h8-9,12-13,15-18,22-23,42H,5-7,10-11,14,19-21,24H2,1-4H3,(H,40,44)(H,41,45). The molecule has 0 spiro atoms. The minimum Gasteiger partial charge on any atom is -0.453 e. The third-order valence-corrected chi connectivity index (χ3v) is 9.04. The lowest BCUT2D eigenvalue weighted by Gasteiger charge is -2.33. The zero-order chi connectivity index (χ0) is 37.2. The minimum atomic E-state index is -4.85. The molecule has 11 nitrogen and oxygen atoms in total. The van der Waals surface area contributed by atoms with Gasteiger partial charge in [-0.3, -0.25) is 9.52 Å². The molecule has 3 aromatic carbocycles. The molecular formula is C36H45F3N4O7S. The number of nitrogens with zero attached hydrogens (tertiary/aromatic N) is 1. The molecule has 1 aliphatic heterocycles. The second-order valence-corrected chi connectivity index (χ2v) is 15.1. The van der Waals surface area contributed by atoms with Crippen molar-refractivity contribution in [2.24, 2.45) is 0 Å². The number of nitrogens with one attached hydrogen (secondary N) is 3. The molecule has 3 N–H and O–H groups in total. The number of carbonyl (C=O) groups excluding carboxylic acids is 2. The zero-order valence-electron chi connectivity index (χ0n) is 29.2. The lowest BCUT2D eigenvalue weighted by atomic mass is 10.1. The summed E-state index contributed by atoms with van der Waals surface area (Å²) in [6, 6.07) is 16.4. The Morgan fingerprint density at radius 2 is 1.61 bits per heavy atom. The van der Waals surface area contributed by atoms with Gasteiger partial charge in [0, 0.05) is 25.0 Å². The molecule has 0 atom stereocenters. The van der Waals surface area contributed by atoms with Crippen LogP contribution in [0.3, 0.4) is 0 Å². The van der Waals surface area contributed by atoms with E-state index in [0.717, 1.165) is 48.3 Å². The van der Waals surface area contributed by atoms with Gasteiger partial charge in [-0.25, -0.2) is 13.2 Å². The average molecular weight is 735 g/mol. The maximum Gasteiger partial charge on any atom is 0.573 e. The van der Waals surface area contributed by atoms with Crippen LogP contribution in [0.15, 0.2) is 60.7 Å². The zero-order valence-corrected chi connectivity index (χ0v) is 30.0. The van der Waals surface area contributed by atoms with E-state index in [9.17, 15) is 31.2 Å². The van der Waals surface area contributed by atoms with Crippen LogP contribution < -0.4 is 29.7 Å². The number of rotatable bonds is 16. The Morgan fingerprint density at radius 1 is 0.882 bits per heavy atom. The predicted molar refractivity (Wildman–Crippen MR) is 189 cm³/mol. The number of anilines is 3. The summed E-state index contributed by atoms with van der Waals surface area (Å²) in [6.45, 7) is 8.10. The van der Waals surface area contributed by atoms with Gasteiger partial charge >= 0.3 is 12.5 Å². The third kappa shape index (κ3) is 12.9. The number of aryl methyl sites for hydroxylation is 1. The summed E-state index contributed by atoms with van der Waals surface area (Å²) in [5.74, 6) is 0.416. The van der Waals surface area contributed by atoms with Gasteiger partial charge < -0.3 is 29.7 Å². The van der Waals surface area contributed by atoms with E-state index in [1.165, 1.54) is 13.0 Å². The quantitative estimate of drug-likeness (QED) is 0.126. The number of halogens is 3. The number of hydrogen-bond donors (Lipinski definition) is 3. The first-order valence-corrected chi connectivity index (χ1v) is 18.4. The van der Waals surface area contributed by atoms with Gasteiger partial charge in [0.1, 0.15) is 5.75 Å². The Kier molecular flexibility index (Phi) is 13.1. The highest BCUT2D eigenvalue weighted by atomic mass is 32.2. The van der Waals surface area contributed by atoms with Gasteiger partial charge in [-0.2, -0.15) is 0 Å². The summed E-state index contributed by atoms with van der Waals surface area (Å²) in [4.78, 5) is 26.2. The van der Waals surface area contributed by atoms with Crippen molar-refractivity contribution in [2.45, 2.75) is 84.7 Å². The first kappa shape index (κ1) is 39.1. The van der Waals surface area contributed by atoms with Crippen LogP contribution in [0, 0.1) is 6.92 Å². The van der Waals surface area contributed by atoms with Crippen LogP contribution in [0.25, 0.3) is 0 Å². The van der Waals surface area contributed by atoms with E-state index < -0.39 is 28.2 Å². The fourth-order valence-electron chi connectivity index (χ4n) is 5.35. The second kappa shape index (κ2) is 17.0. The first-order valence-electron chi connectivity index (χ1n) is 16.7. The highest BCUT2D eigenvalue weighted by Crippen LogP contribution is 2.46. The molecular weight excluding hydrogens is 689 g/mol. The summed E-state index contributed by atoms with van der Waals surface area (Å²) in [7, 11) is -3.84. The number of fused-ring (bicyclic) bond motifs is 2. The first-order chi connectivity index (χ1) is 24.0. The summed E-state index contributed by atoms with van der Waals surface area (Å²) in [6.07, 6.45) is -1.56. The number of ether oxygens (including phenoxy) is 3. The monoisotopic (exact) mass is 734 g/mol. The molecule has 4 rings (SSSR count). The van der Waals surface area contributed by atoms with Gasteiger partial charge in [-0.05, 0) is 101 Å². The molecule has 0 aromatic heterocycles. The van der Waals surface area contributed by atoms with Crippen molar-refractivity contribution in [1.82, 2.24) is 10.6 Å². The van der Waals surface area contributed by atoms with Crippen LogP contribution in [0.2, 0.25) is 0 Å². The third-order valence-electron chi connectivity index (χ3n) is 7.68. The van der Waals surface area contributed by atoms with Crippen molar-refractivity contribution in [3.63, 3.8) is 0 Å². The molecule has 0 aliphatic carbocycles. The van der Waals surface area contributed by atoms with Crippen LogP contribution >= 0.6 is 0 Å². The van der Waals surface area contributed by atoms with Crippen LogP contribution in [0.5, 0.6) is 17.2 Å². The van der Waals surface area contributed by atoms with Crippen LogP contribution in [-0.2, 0) is 26.1 Å². The molecule has 0 saturated heterocycles. The molecule has 0 unspecified atom stereocenters. The predicted octanol–water partition coefficient (Wildman–Crippen LogP) is 8.06. The number of unbranched alkanes of at least 4 members (excludes halogenated alkanes) is 3. The molecule has 0 bridgehead atoms. The Hall–Kier alpha value is -4.66. The lowest BCUT2D eigenvalue weighted by molar-refractivity contribution is -0.274. The van der Waals surface area contributed by atoms with E-state index in [2.05, 4.69) is 20.1 Å². The number of alkyl carbamates (subject to hydrolysis) is 1. The molecule has 0 fully saturated rings. The number of benzene rings is 3. The van der Waals surface area contributed by atoms with Crippen molar-refractivity contribution >= 4 is 39.1 Å². The lowest BCUT2D eigenvalue weighted by Crippen LogP contribution is -2.41. The number of amides is 2. The SMILES string of the molecule is Cc1cc(OC(F)(F)F)ccc1NS(=O)(=O)CCCN1c2ccccc2Oc2cc(CNC(=O)CCCCCCOC(=O)NC(C)(C)C)ccc21. The minimum absolute atomic E-state index is 0.0722. The van der Waals surface area contributed by atoms with Crippen LogP contribution in [0.4, 0.5) is 35.0 Å². The second-order valence-electron chi connectivity index (χ2n) is 13.3.